The van der Waals surface area contributed by atoms with Crippen LogP contribution in [0, 0.1) is 0 Å². The van der Waals surface area contributed by atoms with Crippen molar-refractivity contribution < 1.29 is 9.90 Å². The van der Waals surface area contributed by atoms with Crippen molar-refractivity contribution in [1.82, 2.24) is 4.90 Å². The van der Waals surface area contributed by atoms with Gasteiger partial charge in [0.05, 0.1) is 6.04 Å². The number of para-hydroxylation sites is 1. The lowest BCUT2D eigenvalue weighted by atomic mass is 10.1. The monoisotopic (exact) mass is 351 g/mol. The van der Waals surface area contributed by atoms with Gasteiger partial charge in [-0.1, -0.05) is 18.2 Å². The molecule has 1 atom stereocenters. The number of carbonyl (C=O) groups excluding carboxylic acids is 1. The van der Waals surface area contributed by atoms with Crippen LogP contribution in [0.4, 0.5) is 11.4 Å². The summed E-state index contributed by atoms with van der Waals surface area (Å²) in [5, 5.41) is 9.44. The highest BCUT2D eigenvalue weighted by Crippen LogP contribution is 2.29. The molecule has 1 amide bonds. The number of nitrogens with zero attached hydrogens (tertiary/aromatic N) is 3. The van der Waals surface area contributed by atoms with Crippen LogP contribution in [0.1, 0.15) is 12.5 Å². The molecule has 0 radical (unpaired) electrons. The van der Waals surface area contributed by atoms with Crippen LogP contribution in [0.3, 0.4) is 0 Å². The smallest absolute Gasteiger partial charge is 0.244 e. The summed E-state index contributed by atoms with van der Waals surface area (Å²) in [7, 11) is 0. The van der Waals surface area contributed by atoms with E-state index in [0.29, 0.717) is 0 Å². The quantitative estimate of drug-likeness (QED) is 0.923. The van der Waals surface area contributed by atoms with E-state index in [0.717, 1.165) is 50.5 Å². The highest BCUT2D eigenvalue weighted by molar-refractivity contribution is 5.98. The molecule has 2 aliphatic heterocycles. The van der Waals surface area contributed by atoms with Crippen molar-refractivity contribution in [3.05, 3.63) is 54.1 Å². The van der Waals surface area contributed by atoms with Crippen molar-refractivity contribution in [1.29, 1.82) is 0 Å². The Kier molecular flexibility index (Phi) is 4.55. The van der Waals surface area contributed by atoms with E-state index in [1.807, 2.05) is 36.1 Å². The first kappa shape index (κ1) is 16.9. The Morgan fingerprint density at radius 1 is 0.962 bits per heavy atom. The number of benzene rings is 2. The van der Waals surface area contributed by atoms with E-state index in [4.69, 9.17) is 0 Å². The topological polar surface area (TPSA) is 47.0 Å². The molecule has 1 unspecified atom stereocenters. The molecular formula is C21H25N3O2. The number of fused-ring (bicyclic) bond motifs is 1. The first-order valence-corrected chi connectivity index (χ1v) is 9.31. The van der Waals surface area contributed by atoms with Gasteiger partial charge in [-0.3, -0.25) is 9.69 Å². The number of hydrogen-bond acceptors (Lipinski definition) is 4. The van der Waals surface area contributed by atoms with Crippen molar-refractivity contribution in [2.75, 3.05) is 42.5 Å². The fourth-order valence-electron chi connectivity index (χ4n) is 3.98. The van der Waals surface area contributed by atoms with Crippen molar-refractivity contribution in [3.63, 3.8) is 0 Å². The molecule has 0 aliphatic carbocycles. The predicted octanol–water partition coefficient (Wildman–Crippen LogP) is 2.49. The minimum atomic E-state index is -0.108. The Labute approximate surface area is 154 Å². The molecule has 2 aromatic rings. The van der Waals surface area contributed by atoms with Crippen molar-refractivity contribution >= 4 is 17.3 Å². The van der Waals surface area contributed by atoms with E-state index in [1.165, 1.54) is 5.56 Å². The maximum absolute atomic E-state index is 13.0. The number of aromatic hydroxyl groups is 1. The number of amides is 1. The molecule has 1 saturated heterocycles. The molecule has 0 spiro atoms. The zero-order chi connectivity index (χ0) is 18.1. The summed E-state index contributed by atoms with van der Waals surface area (Å²) in [5.74, 6) is 0.491. The fraction of sp³-hybridized carbons (Fsp3) is 0.381. The number of phenols is 1. The zero-order valence-electron chi connectivity index (χ0n) is 15.1. The molecule has 136 valence electrons. The average Bonchev–Trinajstić information content (AvgIpc) is 3.12. The van der Waals surface area contributed by atoms with Crippen molar-refractivity contribution in [2.24, 2.45) is 0 Å². The summed E-state index contributed by atoms with van der Waals surface area (Å²) >= 11 is 0. The van der Waals surface area contributed by atoms with Crippen molar-refractivity contribution in [3.8, 4) is 5.75 Å². The highest BCUT2D eigenvalue weighted by Gasteiger charge is 2.32. The van der Waals surface area contributed by atoms with Gasteiger partial charge >= 0.3 is 0 Å². The molecule has 5 nitrogen and oxygen atoms in total. The summed E-state index contributed by atoms with van der Waals surface area (Å²) in [5.41, 5.74) is 3.46. The summed E-state index contributed by atoms with van der Waals surface area (Å²) in [4.78, 5) is 19.6. The Bertz CT molecular complexity index is 782. The molecule has 4 rings (SSSR count). The van der Waals surface area contributed by atoms with E-state index in [1.54, 1.807) is 12.1 Å². The van der Waals surface area contributed by atoms with Gasteiger partial charge in [0.2, 0.25) is 5.91 Å². The van der Waals surface area contributed by atoms with Crippen LogP contribution in [0.5, 0.6) is 5.75 Å². The number of hydrogen-bond donors (Lipinski definition) is 1. The Balaban J connectivity index is 1.38. The molecule has 1 N–H and O–H groups in total. The van der Waals surface area contributed by atoms with E-state index in [-0.39, 0.29) is 17.7 Å². The lowest BCUT2D eigenvalue weighted by Gasteiger charge is -2.39. The van der Waals surface area contributed by atoms with Crippen molar-refractivity contribution in [2.45, 2.75) is 19.4 Å². The molecule has 2 aromatic carbocycles. The van der Waals surface area contributed by atoms with Gasteiger partial charge in [-0.2, -0.15) is 0 Å². The largest absolute Gasteiger partial charge is 0.508 e. The van der Waals surface area contributed by atoms with Gasteiger partial charge in [0.15, 0.2) is 0 Å². The minimum Gasteiger partial charge on any atom is -0.508 e. The minimum absolute atomic E-state index is 0.108. The summed E-state index contributed by atoms with van der Waals surface area (Å²) in [6.07, 6.45) is 0.948. The Hall–Kier alpha value is -2.53. The Morgan fingerprint density at radius 3 is 2.38 bits per heavy atom. The third-order valence-electron chi connectivity index (χ3n) is 5.59. The second kappa shape index (κ2) is 7.00. The predicted molar refractivity (Wildman–Crippen MR) is 104 cm³/mol. The van der Waals surface area contributed by atoms with E-state index >= 15 is 0 Å². The Morgan fingerprint density at radius 2 is 1.65 bits per heavy atom. The van der Waals surface area contributed by atoms with E-state index in [2.05, 4.69) is 21.9 Å². The van der Waals surface area contributed by atoms with Crippen LogP contribution in [-0.2, 0) is 11.2 Å². The molecule has 0 saturated carbocycles. The third kappa shape index (κ3) is 3.15. The summed E-state index contributed by atoms with van der Waals surface area (Å²) in [6, 6.07) is 15.4. The molecule has 5 heteroatoms. The van der Waals surface area contributed by atoms with Crippen LogP contribution in [0.2, 0.25) is 0 Å². The van der Waals surface area contributed by atoms with Gasteiger partial charge in [-0.25, -0.2) is 0 Å². The highest BCUT2D eigenvalue weighted by atomic mass is 16.3. The SMILES string of the molecule is CC(C(=O)N1CCc2ccccc21)N1CCN(c2ccc(O)cc2)CC1. The maximum Gasteiger partial charge on any atom is 0.244 e. The molecule has 0 bridgehead atoms. The lowest BCUT2D eigenvalue weighted by molar-refractivity contribution is -0.123. The number of carbonyl (C=O) groups is 1. The fourth-order valence-corrected chi connectivity index (χ4v) is 3.98. The molecule has 1 fully saturated rings. The van der Waals surface area contributed by atoms with Gasteiger partial charge in [0.1, 0.15) is 5.75 Å². The average molecular weight is 351 g/mol. The van der Waals surface area contributed by atoms with Crippen LogP contribution in [-0.4, -0.2) is 54.7 Å². The molecule has 26 heavy (non-hydrogen) atoms. The summed E-state index contributed by atoms with van der Waals surface area (Å²) < 4.78 is 0. The first-order valence-electron chi connectivity index (χ1n) is 9.31. The molecule has 2 heterocycles. The van der Waals surface area contributed by atoms with Gasteiger partial charge in [0, 0.05) is 44.1 Å². The van der Waals surface area contributed by atoms with Gasteiger partial charge in [0.25, 0.3) is 0 Å². The maximum atomic E-state index is 13.0. The summed E-state index contributed by atoms with van der Waals surface area (Å²) in [6.45, 7) is 6.32. The van der Waals surface area contributed by atoms with Gasteiger partial charge < -0.3 is 14.9 Å². The van der Waals surface area contributed by atoms with E-state index < -0.39 is 0 Å². The number of piperazine rings is 1. The first-order chi connectivity index (χ1) is 12.6. The van der Waals surface area contributed by atoms with E-state index in [9.17, 15) is 9.90 Å². The van der Waals surface area contributed by atoms with Crippen LogP contribution in [0.25, 0.3) is 0 Å². The second-order valence-electron chi connectivity index (χ2n) is 7.08. The number of anilines is 2. The molecular weight excluding hydrogens is 326 g/mol. The van der Waals surface area contributed by atoms with Gasteiger partial charge in [-0.05, 0) is 49.2 Å². The number of phenolic OH excluding ortho intramolecular Hbond substituents is 1. The van der Waals surface area contributed by atoms with Crippen LogP contribution in [0.15, 0.2) is 48.5 Å². The standard InChI is InChI=1S/C21H25N3O2/c1-16(21(26)24-11-10-17-4-2-3-5-20(17)24)22-12-14-23(15-13-22)18-6-8-19(25)9-7-18/h2-9,16,25H,10-15H2,1H3. The molecule has 2 aliphatic rings. The second-order valence-corrected chi connectivity index (χ2v) is 7.08. The third-order valence-corrected chi connectivity index (χ3v) is 5.59. The van der Waals surface area contributed by atoms with Crippen LogP contribution < -0.4 is 9.80 Å². The molecule has 0 aromatic heterocycles. The number of rotatable bonds is 3. The lowest BCUT2D eigenvalue weighted by Crippen LogP contribution is -2.54. The van der Waals surface area contributed by atoms with Crippen LogP contribution >= 0.6 is 0 Å². The zero-order valence-corrected chi connectivity index (χ0v) is 15.1. The normalized spacial score (nSPS) is 18.7. The van der Waals surface area contributed by atoms with Gasteiger partial charge in [-0.15, -0.1) is 0 Å².